The maximum atomic E-state index is 12.5. The van der Waals surface area contributed by atoms with Crippen LogP contribution in [0.4, 0.5) is 36.6 Å². The van der Waals surface area contributed by atoms with Crippen molar-refractivity contribution >= 4 is 25.1 Å². The molecule has 1 N–H and O–H groups in total. The molecular weight excluding hydrogens is 467 g/mol. The number of benzene rings is 2. The number of halogens is 6. The number of hydrogen-bond donors (Lipinski definition) is 1. The Morgan fingerprint density at radius 1 is 0.969 bits per heavy atom. The predicted octanol–water partition coefficient (Wildman–Crippen LogP) is 7.61. The molecule has 0 unspecified atom stereocenters. The fourth-order valence-electron chi connectivity index (χ4n) is 2.21. The van der Waals surface area contributed by atoms with E-state index >= 15 is 0 Å². The molecule has 2 aromatic rings. The molecule has 0 aromatic heterocycles. The summed E-state index contributed by atoms with van der Waals surface area (Å²) >= 11 is 0. The Morgan fingerprint density at radius 3 is 1.91 bits per heavy atom. The second-order valence-electron chi connectivity index (χ2n) is 5.92. The topological polar surface area (TPSA) is 84.9 Å². The molecule has 0 saturated heterocycles. The summed E-state index contributed by atoms with van der Waals surface area (Å²) in [5, 5.41) is 11.9. The zero-order valence-electron chi connectivity index (χ0n) is 17.1. The summed E-state index contributed by atoms with van der Waals surface area (Å²) in [4.78, 5) is 15.7. The van der Waals surface area contributed by atoms with Crippen molar-refractivity contribution in [3.8, 4) is 17.2 Å². The van der Waals surface area contributed by atoms with E-state index in [0.717, 1.165) is 0 Å². The summed E-state index contributed by atoms with van der Waals surface area (Å²) in [5.74, 6) is 1.10. The third kappa shape index (κ3) is 10.7. The Bertz CT molecular complexity index is 982. The van der Waals surface area contributed by atoms with E-state index in [2.05, 4.69) is 10.3 Å². The van der Waals surface area contributed by atoms with Gasteiger partial charge in [0.05, 0.1) is 32.1 Å². The van der Waals surface area contributed by atoms with Gasteiger partial charge in [0.1, 0.15) is 5.75 Å². The van der Waals surface area contributed by atoms with E-state index < -0.39 is 7.81 Å². The molecule has 1 amide bonds. The van der Waals surface area contributed by atoms with Crippen LogP contribution in [-0.4, -0.2) is 26.2 Å². The molecule has 0 aliphatic heterocycles. The van der Waals surface area contributed by atoms with Crippen molar-refractivity contribution < 1.29 is 44.2 Å². The molecule has 14 heteroatoms. The first kappa shape index (κ1) is 26.8. The van der Waals surface area contributed by atoms with Crippen LogP contribution < -0.4 is 19.5 Å². The van der Waals surface area contributed by atoms with Gasteiger partial charge in [0.25, 0.3) is 5.91 Å². The van der Waals surface area contributed by atoms with Gasteiger partial charge >= 0.3 is 38.7 Å². The van der Waals surface area contributed by atoms with E-state index in [9.17, 15) is 30.0 Å². The Kier molecular flexibility index (Phi) is 7.93. The Morgan fingerprint density at radius 2 is 1.47 bits per heavy atom. The Balaban J connectivity index is 0.000000633. The van der Waals surface area contributed by atoms with Crippen molar-refractivity contribution in [2.75, 3.05) is 25.6 Å². The number of hydrogen-bond acceptors (Lipinski definition) is 5. The van der Waals surface area contributed by atoms with Crippen molar-refractivity contribution in [2.45, 2.75) is 13.8 Å². The first-order chi connectivity index (χ1) is 14.6. The first-order valence-electron chi connectivity index (χ1n) is 8.88. The molecule has 0 aliphatic rings. The fourth-order valence-corrected chi connectivity index (χ4v) is 2.21. The van der Waals surface area contributed by atoms with Crippen molar-refractivity contribution in [2.24, 2.45) is 0 Å². The number of diazo groups is 1. The third-order valence-electron chi connectivity index (χ3n) is 3.37. The summed E-state index contributed by atoms with van der Waals surface area (Å²) in [6, 6.07) is 9.82. The van der Waals surface area contributed by atoms with E-state index in [4.69, 9.17) is 19.6 Å². The minimum absolute atomic E-state index is 0.229. The van der Waals surface area contributed by atoms with Gasteiger partial charge in [-0.05, 0) is 38.1 Å². The van der Waals surface area contributed by atoms with Gasteiger partial charge in [-0.25, -0.2) is 0 Å². The van der Waals surface area contributed by atoms with Crippen LogP contribution in [0.2, 0.25) is 0 Å². The second-order valence-corrected chi connectivity index (χ2v) is 7.84. The van der Waals surface area contributed by atoms with Gasteiger partial charge in [-0.3, -0.25) is 4.79 Å². The Hall–Kier alpha value is -3.26. The van der Waals surface area contributed by atoms with Gasteiger partial charge in [0, 0.05) is 11.6 Å². The van der Waals surface area contributed by atoms with Crippen LogP contribution in [0.15, 0.2) is 36.4 Å². The van der Waals surface area contributed by atoms with Crippen molar-refractivity contribution in [3.63, 3.8) is 0 Å². The van der Waals surface area contributed by atoms with Crippen LogP contribution in [0.1, 0.15) is 24.2 Å². The van der Waals surface area contributed by atoms with Crippen LogP contribution in [0.5, 0.6) is 17.2 Å². The molecule has 0 radical (unpaired) electrons. The summed E-state index contributed by atoms with van der Waals surface area (Å²) in [7, 11) is -9.10. The summed E-state index contributed by atoms with van der Waals surface area (Å²) in [6.07, 6.45) is 0. The second kappa shape index (κ2) is 9.48. The number of anilines is 1. The molecule has 0 atom stereocenters. The van der Waals surface area contributed by atoms with Crippen LogP contribution in [0, 0.1) is 5.39 Å². The number of nitrogens with one attached hydrogen (secondary N) is 1. The van der Waals surface area contributed by atoms with E-state index in [-0.39, 0.29) is 11.6 Å². The zero-order chi connectivity index (χ0) is 24.6. The van der Waals surface area contributed by atoms with Gasteiger partial charge in [-0.15, -0.1) is 0 Å². The van der Waals surface area contributed by atoms with E-state index in [1.165, 1.54) is 6.07 Å². The molecular formula is C18H20F6N3O4P. The van der Waals surface area contributed by atoms with Crippen LogP contribution >= 0.6 is 7.81 Å². The molecule has 0 fully saturated rings. The van der Waals surface area contributed by atoms with Crippen LogP contribution in [-0.2, 0) is 0 Å². The number of methoxy groups -OCH3 is 1. The molecule has 32 heavy (non-hydrogen) atoms. The van der Waals surface area contributed by atoms with Crippen molar-refractivity contribution in [1.82, 2.24) is 0 Å². The first-order valence-corrected chi connectivity index (χ1v) is 10.9. The third-order valence-corrected chi connectivity index (χ3v) is 3.37. The molecule has 0 saturated carbocycles. The summed E-state index contributed by atoms with van der Waals surface area (Å²) in [6.45, 7) is 4.42. The fraction of sp³-hybridized carbons (Fsp3) is 0.278. The van der Waals surface area contributed by atoms with Crippen LogP contribution in [0.25, 0.3) is 4.98 Å². The van der Waals surface area contributed by atoms with E-state index in [1.807, 2.05) is 13.8 Å². The number of ether oxygens (including phenoxy) is 3. The number of amides is 1. The van der Waals surface area contributed by atoms with Gasteiger partial charge in [-0.2, -0.15) is 0 Å². The number of nitrogens with zero attached hydrogens (tertiary/aromatic N) is 2. The van der Waals surface area contributed by atoms with Gasteiger partial charge in [-0.1, -0.05) is 0 Å². The molecule has 7 nitrogen and oxygen atoms in total. The molecule has 178 valence electrons. The van der Waals surface area contributed by atoms with Crippen LogP contribution in [0.3, 0.4) is 0 Å². The average molecular weight is 487 g/mol. The quantitative estimate of drug-likeness (QED) is 0.247. The molecule has 0 spiro atoms. The minimum atomic E-state index is -10.7. The monoisotopic (exact) mass is 487 g/mol. The number of rotatable bonds is 7. The van der Waals surface area contributed by atoms with Gasteiger partial charge < -0.3 is 19.5 Å². The normalized spacial score (nSPS) is 12.8. The molecule has 0 bridgehead atoms. The number of carbonyl (C=O) groups excluding carboxylic acids is 1. The van der Waals surface area contributed by atoms with E-state index in [0.29, 0.717) is 41.7 Å². The standard InChI is InChI=1S/C18H19N3O4.F6P/c1-4-24-16-11-15(21-19)17(25-5-2)10-14(16)20-18(22)12-6-8-13(23-3)9-7-12;1-7(2,3,4,5)6/h6-11H,4-5H2,1-3H3;/q;-1/p+1. The van der Waals surface area contributed by atoms with Gasteiger partial charge in [0.2, 0.25) is 11.1 Å². The molecule has 2 aromatic carbocycles. The predicted molar refractivity (Wildman–Crippen MR) is 108 cm³/mol. The average Bonchev–Trinajstić information content (AvgIpc) is 2.67. The summed E-state index contributed by atoms with van der Waals surface area (Å²) in [5.41, 5.74) is 1.13. The summed E-state index contributed by atoms with van der Waals surface area (Å²) < 4.78 is 75.2. The molecule has 2 rings (SSSR count). The molecule has 0 aliphatic carbocycles. The number of carbonyl (C=O) groups is 1. The Labute approximate surface area is 179 Å². The maximum absolute atomic E-state index is 12.5. The SMILES string of the molecule is CCOc1cc(NC(=O)c2ccc(OC)cc2)c(OCC)cc1[N+]#N.F[P-](F)(F)(F)(F)F. The zero-order valence-corrected chi connectivity index (χ0v) is 18.0. The van der Waals surface area contributed by atoms with Crippen molar-refractivity contribution in [1.29, 1.82) is 5.39 Å². The van der Waals surface area contributed by atoms with Crippen molar-refractivity contribution in [3.05, 3.63) is 46.9 Å². The molecule has 0 heterocycles. The van der Waals surface area contributed by atoms with E-state index in [1.54, 1.807) is 37.4 Å². The van der Waals surface area contributed by atoms with Gasteiger partial charge in [0.15, 0.2) is 10.7 Å².